The Labute approximate surface area is 246 Å². The summed E-state index contributed by atoms with van der Waals surface area (Å²) in [5.74, 6) is 0.267. The smallest absolute Gasteiger partial charge is 0.251 e. The number of nitrogens with zero attached hydrogens (tertiary/aromatic N) is 4. The number of aliphatic hydroxyl groups excluding tert-OH is 1. The lowest BCUT2D eigenvalue weighted by molar-refractivity contribution is 0.0933. The molecule has 4 rings (SSSR count). The van der Waals surface area contributed by atoms with Crippen LogP contribution in [0.15, 0.2) is 73.3 Å². The van der Waals surface area contributed by atoms with Gasteiger partial charge in [0.25, 0.3) is 5.91 Å². The molecular weight excluding hydrogens is 530 g/mol. The zero-order chi connectivity index (χ0) is 29.4. The lowest BCUT2D eigenvalue weighted by atomic mass is 9.86. The summed E-state index contributed by atoms with van der Waals surface area (Å²) in [6.45, 7) is 12.3. The SMILES string of the molecule is C=C(O)[C@H](Cc1ccc(-c2ncc(-c3nnc(CCCCCC)s3)cn2)cc1)NC(=O)c1ccc(C(C)(C)C)cc1. The number of aromatic nitrogens is 4. The van der Waals surface area contributed by atoms with E-state index in [9.17, 15) is 9.90 Å². The van der Waals surface area contributed by atoms with Crippen molar-refractivity contribution < 1.29 is 9.90 Å². The number of amides is 1. The second kappa shape index (κ2) is 13.6. The van der Waals surface area contributed by atoms with E-state index in [-0.39, 0.29) is 17.1 Å². The Morgan fingerprint density at radius 2 is 1.63 bits per heavy atom. The van der Waals surface area contributed by atoms with Crippen LogP contribution < -0.4 is 5.32 Å². The van der Waals surface area contributed by atoms with Crippen LogP contribution in [-0.4, -0.2) is 37.2 Å². The first kappa shape index (κ1) is 30.1. The number of carbonyl (C=O) groups is 1. The maximum atomic E-state index is 12.9. The molecule has 8 heteroatoms. The van der Waals surface area contributed by atoms with Crippen LogP contribution in [0.5, 0.6) is 0 Å². The summed E-state index contributed by atoms with van der Waals surface area (Å²) in [5, 5.41) is 23.6. The van der Waals surface area contributed by atoms with E-state index in [0.29, 0.717) is 17.8 Å². The third kappa shape index (κ3) is 8.30. The fourth-order valence-corrected chi connectivity index (χ4v) is 5.26. The average Bonchev–Trinajstić information content (AvgIpc) is 3.44. The Morgan fingerprint density at radius 1 is 0.951 bits per heavy atom. The Kier molecular flexibility index (Phi) is 10.00. The highest BCUT2D eigenvalue weighted by atomic mass is 32.1. The fraction of sp³-hybridized carbons (Fsp3) is 0.364. The molecule has 4 aromatic rings. The summed E-state index contributed by atoms with van der Waals surface area (Å²) in [4.78, 5) is 22.0. The van der Waals surface area contributed by atoms with Crippen LogP contribution in [0.3, 0.4) is 0 Å². The quantitative estimate of drug-likeness (QED) is 0.135. The molecule has 1 atom stereocenters. The average molecular weight is 570 g/mol. The summed E-state index contributed by atoms with van der Waals surface area (Å²) in [6, 6.07) is 14.7. The molecule has 2 heterocycles. The fourth-order valence-electron chi connectivity index (χ4n) is 4.40. The van der Waals surface area contributed by atoms with E-state index >= 15 is 0 Å². The molecule has 2 aromatic carbocycles. The molecule has 0 saturated carbocycles. The molecule has 0 radical (unpaired) electrons. The van der Waals surface area contributed by atoms with Crippen LogP contribution in [-0.2, 0) is 18.3 Å². The molecule has 0 spiro atoms. The van der Waals surface area contributed by atoms with Gasteiger partial charge in [-0.3, -0.25) is 4.79 Å². The molecule has 0 bridgehead atoms. The van der Waals surface area contributed by atoms with Crippen molar-refractivity contribution >= 4 is 17.2 Å². The first-order valence-corrected chi connectivity index (χ1v) is 15.0. The molecule has 1 amide bonds. The number of unbranched alkanes of at least 4 members (excludes halogenated alkanes) is 3. The molecule has 0 aliphatic heterocycles. The Bertz CT molecular complexity index is 1440. The van der Waals surface area contributed by atoms with Crippen LogP contribution in [0.4, 0.5) is 0 Å². The highest BCUT2D eigenvalue weighted by Crippen LogP contribution is 2.25. The number of rotatable bonds is 12. The van der Waals surface area contributed by atoms with Crippen molar-refractivity contribution in [3.63, 3.8) is 0 Å². The van der Waals surface area contributed by atoms with Crippen LogP contribution >= 0.6 is 11.3 Å². The number of hydrogen-bond donors (Lipinski definition) is 2. The number of nitrogens with one attached hydrogen (secondary N) is 1. The number of carbonyl (C=O) groups excluding carboxylic acids is 1. The van der Waals surface area contributed by atoms with Gasteiger partial charge in [-0.1, -0.05) is 101 Å². The van der Waals surface area contributed by atoms with Gasteiger partial charge in [-0.05, 0) is 41.5 Å². The molecule has 2 N–H and O–H groups in total. The molecule has 2 aromatic heterocycles. The predicted octanol–water partition coefficient (Wildman–Crippen LogP) is 7.50. The first-order chi connectivity index (χ1) is 19.6. The van der Waals surface area contributed by atoms with Crippen molar-refractivity contribution in [3.8, 4) is 22.0 Å². The summed E-state index contributed by atoms with van der Waals surface area (Å²) in [5.41, 5.74) is 4.36. The Morgan fingerprint density at radius 3 is 2.24 bits per heavy atom. The van der Waals surface area contributed by atoms with Gasteiger partial charge in [0.05, 0.1) is 6.04 Å². The molecule has 0 fully saturated rings. The molecule has 0 unspecified atom stereocenters. The van der Waals surface area contributed by atoms with E-state index in [1.54, 1.807) is 23.7 Å². The summed E-state index contributed by atoms with van der Waals surface area (Å²) in [6.07, 6.45) is 9.76. The van der Waals surface area contributed by atoms with Gasteiger partial charge in [-0.25, -0.2) is 9.97 Å². The van der Waals surface area contributed by atoms with Gasteiger partial charge >= 0.3 is 0 Å². The van der Waals surface area contributed by atoms with Crippen LogP contribution in [0.25, 0.3) is 22.0 Å². The van der Waals surface area contributed by atoms with Crippen LogP contribution in [0.2, 0.25) is 0 Å². The Hall–Kier alpha value is -3.91. The molecule has 0 aliphatic carbocycles. The van der Waals surface area contributed by atoms with Crippen molar-refractivity contribution in [2.75, 3.05) is 0 Å². The van der Waals surface area contributed by atoms with E-state index < -0.39 is 6.04 Å². The highest BCUT2D eigenvalue weighted by molar-refractivity contribution is 7.14. The third-order valence-electron chi connectivity index (χ3n) is 6.98. The summed E-state index contributed by atoms with van der Waals surface area (Å²) in [7, 11) is 0. The molecule has 0 aliphatic rings. The monoisotopic (exact) mass is 569 g/mol. The minimum atomic E-state index is -0.616. The van der Waals surface area contributed by atoms with E-state index in [2.05, 4.69) is 59.8 Å². The van der Waals surface area contributed by atoms with Crippen molar-refractivity contribution in [1.82, 2.24) is 25.5 Å². The largest absolute Gasteiger partial charge is 0.511 e. The lowest BCUT2D eigenvalue weighted by Crippen LogP contribution is -2.37. The van der Waals surface area contributed by atoms with E-state index in [0.717, 1.165) is 45.1 Å². The zero-order valence-corrected chi connectivity index (χ0v) is 25.2. The van der Waals surface area contributed by atoms with E-state index in [1.165, 1.54) is 19.3 Å². The van der Waals surface area contributed by atoms with Gasteiger partial charge in [0.15, 0.2) is 10.8 Å². The predicted molar refractivity (Wildman–Crippen MR) is 166 cm³/mol. The number of aryl methyl sites for hydroxylation is 1. The summed E-state index contributed by atoms with van der Waals surface area (Å²) < 4.78 is 0. The van der Waals surface area contributed by atoms with Crippen LogP contribution in [0, 0.1) is 0 Å². The van der Waals surface area contributed by atoms with Crippen molar-refractivity contribution in [1.29, 1.82) is 0 Å². The van der Waals surface area contributed by atoms with Crippen molar-refractivity contribution in [3.05, 3.63) is 95.0 Å². The van der Waals surface area contributed by atoms with Gasteiger partial charge < -0.3 is 10.4 Å². The van der Waals surface area contributed by atoms with Gasteiger partial charge in [0.2, 0.25) is 0 Å². The Balaban J connectivity index is 1.36. The minimum absolute atomic E-state index is 0.00619. The molecule has 0 saturated heterocycles. The lowest BCUT2D eigenvalue weighted by Gasteiger charge is -2.20. The maximum absolute atomic E-state index is 12.9. The van der Waals surface area contributed by atoms with Crippen molar-refractivity contribution in [2.45, 2.75) is 77.7 Å². The van der Waals surface area contributed by atoms with Gasteiger partial charge in [0, 0.05) is 35.5 Å². The second-order valence-electron chi connectivity index (χ2n) is 11.4. The van der Waals surface area contributed by atoms with Crippen LogP contribution in [0.1, 0.15) is 79.9 Å². The second-order valence-corrected chi connectivity index (χ2v) is 12.4. The standard InChI is InChI=1S/C33H39N5O2S/c1-6-7-8-9-10-29-37-38-32(41-29)26-20-34-30(35-21-26)24-13-11-23(12-14-24)19-28(22(2)39)36-31(40)25-15-17-27(18-16-25)33(3,4)5/h11-18,20-21,28,39H,2,6-10,19H2,1,3-5H3,(H,36,40)/t28-/m0/s1. The molecular formula is C33H39N5O2S. The van der Waals surface area contributed by atoms with Gasteiger partial charge in [-0.2, -0.15) is 0 Å². The number of benzene rings is 2. The topological polar surface area (TPSA) is 101 Å². The zero-order valence-electron chi connectivity index (χ0n) is 24.4. The first-order valence-electron chi connectivity index (χ1n) is 14.2. The molecule has 7 nitrogen and oxygen atoms in total. The van der Waals surface area contributed by atoms with E-state index in [4.69, 9.17) is 0 Å². The van der Waals surface area contributed by atoms with Gasteiger partial charge in [0.1, 0.15) is 10.8 Å². The van der Waals surface area contributed by atoms with Gasteiger partial charge in [-0.15, -0.1) is 10.2 Å². The number of aliphatic hydroxyl groups is 1. The van der Waals surface area contributed by atoms with Crippen molar-refractivity contribution in [2.24, 2.45) is 0 Å². The molecule has 214 valence electrons. The van der Waals surface area contributed by atoms with E-state index in [1.807, 2.05) is 48.5 Å². The summed E-state index contributed by atoms with van der Waals surface area (Å²) >= 11 is 1.60. The number of hydrogen-bond acceptors (Lipinski definition) is 7. The minimum Gasteiger partial charge on any atom is -0.511 e. The highest BCUT2D eigenvalue weighted by Gasteiger charge is 2.19. The molecule has 41 heavy (non-hydrogen) atoms. The maximum Gasteiger partial charge on any atom is 0.251 e. The third-order valence-corrected chi connectivity index (χ3v) is 8.01. The normalized spacial score (nSPS) is 12.2.